The van der Waals surface area contributed by atoms with Gasteiger partial charge in [0.15, 0.2) is 0 Å². The fraction of sp³-hybridized carbons (Fsp3) is 0.533. The largest absolute Gasteiger partial charge is 0.495 e. The lowest BCUT2D eigenvalue weighted by Gasteiger charge is -2.25. The molecule has 7 heteroatoms. The molecule has 0 aliphatic heterocycles. The third-order valence-corrected chi connectivity index (χ3v) is 3.59. The Labute approximate surface area is 141 Å². The Kier molecular flexibility index (Phi) is 8.38. The molecule has 0 spiro atoms. The molecular weight excluding hydrogens is 327 g/mol. The van der Waals surface area contributed by atoms with Gasteiger partial charge in [0.1, 0.15) is 11.8 Å². The first-order chi connectivity index (χ1) is 10.6. The summed E-state index contributed by atoms with van der Waals surface area (Å²) in [6.07, 6.45) is 0.388. The van der Waals surface area contributed by atoms with Gasteiger partial charge in [0.25, 0.3) is 0 Å². The van der Waals surface area contributed by atoms with Crippen molar-refractivity contribution >= 4 is 34.9 Å². The predicted molar refractivity (Wildman–Crippen MR) is 90.3 cm³/mol. The molecule has 1 rings (SSSR count). The molecule has 5 nitrogen and oxygen atoms in total. The average molecular weight is 349 g/mol. The van der Waals surface area contributed by atoms with Gasteiger partial charge < -0.3 is 20.1 Å². The molecule has 2 N–H and O–H groups in total. The van der Waals surface area contributed by atoms with Crippen molar-refractivity contribution in [2.75, 3.05) is 44.0 Å². The second-order valence-corrected chi connectivity index (χ2v) is 5.46. The highest BCUT2D eigenvalue weighted by molar-refractivity contribution is 6.18. The van der Waals surface area contributed by atoms with E-state index in [0.717, 1.165) is 17.0 Å². The lowest BCUT2D eigenvalue weighted by Crippen LogP contribution is -2.33. The van der Waals surface area contributed by atoms with Gasteiger partial charge >= 0.3 is 5.97 Å². The number of hydrogen-bond donors (Lipinski definition) is 1. The van der Waals surface area contributed by atoms with E-state index in [-0.39, 0.29) is 0 Å². The van der Waals surface area contributed by atoms with Gasteiger partial charge in [-0.15, -0.1) is 23.2 Å². The van der Waals surface area contributed by atoms with Gasteiger partial charge in [-0.2, -0.15) is 0 Å². The second kappa shape index (κ2) is 9.77. The van der Waals surface area contributed by atoms with Crippen LogP contribution in [0.1, 0.15) is 5.56 Å². The van der Waals surface area contributed by atoms with E-state index < -0.39 is 12.0 Å². The minimum absolute atomic E-state index is 0.388. The van der Waals surface area contributed by atoms with Crippen molar-refractivity contribution in [2.45, 2.75) is 12.5 Å². The molecule has 0 heterocycles. The Bertz CT molecular complexity index is 480. The van der Waals surface area contributed by atoms with Gasteiger partial charge in [-0.25, -0.2) is 0 Å². The molecular formula is C15H22Cl2N2O3. The topological polar surface area (TPSA) is 64.8 Å². The number of halogens is 2. The number of benzene rings is 1. The predicted octanol–water partition coefficient (Wildman–Crippen LogP) is 2.02. The summed E-state index contributed by atoms with van der Waals surface area (Å²) in [5.41, 5.74) is 7.62. The molecule has 1 atom stereocenters. The number of methoxy groups -OCH3 is 2. The van der Waals surface area contributed by atoms with Crippen LogP contribution in [0, 0.1) is 0 Å². The molecule has 0 aliphatic carbocycles. The van der Waals surface area contributed by atoms with Crippen LogP contribution in [0.5, 0.6) is 5.75 Å². The van der Waals surface area contributed by atoms with Crippen molar-refractivity contribution in [3.63, 3.8) is 0 Å². The second-order valence-electron chi connectivity index (χ2n) is 4.70. The summed E-state index contributed by atoms with van der Waals surface area (Å²) in [6.45, 7) is 1.30. The van der Waals surface area contributed by atoms with E-state index in [1.807, 2.05) is 23.1 Å². The van der Waals surface area contributed by atoms with Crippen molar-refractivity contribution in [1.29, 1.82) is 0 Å². The van der Waals surface area contributed by atoms with Crippen molar-refractivity contribution in [1.82, 2.24) is 0 Å². The Hall–Kier alpha value is -1.17. The van der Waals surface area contributed by atoms with Gasteiger partial charge in [-0.1, -0.05) is 6.07 Å². The summed E-state index contributed by atoms with van der Waals surface area (Å²) >= 11 is 11.7. The van der Waals surface area contributed by atoms with Crippen LogP contribution in [0.4, 0.5) is 5.69 Å². The fourth-order valence-electron chi connectivity index (χ4n) is 2.16. The lowest BCUT2D eigenvalue weighted by atomic mass is 10.0. The summed E-state index contributed by atoms with van der Waals surface area (Å²) in [4.78, 5) is 13.5. The summed E-state index contributed by atoms with van der Waals surface area (Å²) in [7, 11) is 2.93. The van der Waals surface area contributed by atoms with Gasteiger partial charge in [0, 0.05) is 24.8 Å². The minimum atomic E-state index is -0.694. The molecule has 1 aromatic carbocycles. The first-order valence-electron chi connectivity index (χ1n) is 6.94. The normalized spacial score (nSPS) is 11.9. The molecule has 0 unspecified atom stereocenters. The van der Waals surface area contributed by atoms with E-state index in [1.165, 1.54) is 7.11 Å². The van der Waals surface area contributed by atoms with Crippen LogP contribution in [-0.4, -0.2) is 51.1 Å². The maximum absolute atomic E-state index is 11.4. The van der Waals surface area contributed by atoms with E-state index in [2.05, 4.69) is 4.74 Å². The van der Waals surface area contributed by atoms with Gasteiger partial charge in [-0.05, 0) is 24.1 Å². The van der Waals surface area contributed by atoms with E-state index in [9.17, 15) is 4.79 Å². The van der Waals surface area contributed by atoms with E-state index in [1.54, 1.807) is 7.11 Å². The maximum Gasteiger partial charge on any atom is 0.322 e. The molecule has 124 valence electrons. The van der Waals surface area contributed by atoms with Gasteiger partial charge in [-0.3, -0.25) is 4.79 Å². The average Bonchev–Trinajstić information content (AvgIpc) is 2.53. The number of alkyl halides is 2. The first kappa shape index (κ1) is 18.9. The van der Waals surface area contributed by atoms with Gasteiger partial charge in [0.05, 0.1) is 19.9 Å². The molecule has 0 saturated carbocycles. The highest BCUT2D eigenvalue weighted by Crippen LogP contribution is 2.30. The molecule has 0 bridgehead atoms. The molecule has 0 saturated heterocycles. The van der Waals surface area contributed by atoms with E-state index in [0.29, 0.717) is 31.3 Å². The molecule has 0 radical (unpaired) electrons. The number of carbonyl (C=O) groups excluding carboxylic acids is 1. The molecule has 0 amide bonds. The Morgan fingerprint density at radius 3 is 2.41 bits per heavy atom. The maximum atomic E-state index is 11.4. The third kappa shape index (κ3) is 5.23. The van der Waals surface area contributed by atoms with E-state index in [4.69, 9.17) is 33.7 Å². The number of rotatable bonds is 9. The van der Waals surface area contributed by atoms with Crippen LogP contribution in [0.3, 0.4) is 0 Å². The highest BCUT2D eigenvalue weighted by atomic mass is 35.5. The number of nitrogens with zero attached hydrogens (tertiary/aromatic N) is 1. The van der Waals surface area contributed by atoms with Crippen molar-refractivity contribution in [3.8, 4) is 5.75 Å². The SMILES string of the molecule is COC(=O)[C@@H](N)Cc1ccc(OC)c(N(CCCl)CCCl)c1. The number of hydrogen-bond acceptors (Lipinski definition) is 5. The summed E-state index contributed by atoms with van der Waals surface area (Å²) < 4.78 is 10.0. The van der Waals surface area contributed by atoms with Crippen LogP contribution >= 0.6 is 23.2 Å². The number of nitrogens with two attached hydrogens (primary N) is 1. The number of ether oxygens (including phenoxy) is 2. The van der Waals surface area contributed by atoms with Crippen LogP contribution in [-0.2, 0) is 16.0 Å². The van der Waals surface area contributed by atoms with Crippen molar-refractivity contribution in [3.05, 3.63) is 23.8 Å². The van der Waals surface area contributed by atoms with Crippen LogP contribution in [0.2, 0.25) is 0 Å². The summed E-state index contributed by atoms with van der Waals surface area (Å²) in [6, 6.07) is 4.98. The standard InChI is InChI=1S/C15H22Cl2N2O3/c1-21-14-4-3-11(9-12(18)15(20)22-2)10-13(14)19(7-5-16)8-6-17/h3-4,10,12H,5-9,18H2,1-2H3/t12-/m0/s1. The monoisotopic (exact) mass is 348 g/mol. The zero-order valence-electron chi connectivity index (χ0n) is 12.9. The smallest absolute Gasteiger partial charge is 0.322 e. The summed E-state index contributed by atoms with van der Waals surface area (Å²) in [5.74, 6) is 1.25. The molecule has 0 aromatic heterocycles. The molecule has 0 fully saturated rings. The number of carbonyl (C=O) groups is 1. The zero-order valence-corrected chi connectivity index (χ0v) is 14.4. The van der Waals surface area contributed by atoms with Crippen LogP contribution in [0.15, 0.2) is 18.2 Å². The first-order valence-corrected chi connectivity index (χ1v) is 8.01. The molecule has 22 heavy (non-hydrogen) atoms. The lowest BCUT2D eigenvalue weighted by molar-refractivity contribution is -0.142. The highest BCUT2D eigenvalue weighted by Gasteiger charge is 2.17. The van der Waals surface area contributed by atoms with Crippen molar-refractivity contribution < 1.29 is 14.3 Å². The minimum Gasteiger partial charge on any atom is -0.495 e. The Morgan fingerprint density at radius 2 is 1.91 bits per heavy atom. The number of anilines is 1. The zero-order chi connectivity index (χ0) is 16.5. The Balaban J connectivity index is 3.03. The number of esters is 1. The Morgan fingerprint density at radius 1 is 1.27 bits per heavy atom. The fourth-order valence-corrected chi connectivity index (χ4v) is 2.56. The summed E-state index contributed by atoms with van der Waals surface area (Å²) in [5, 5.41) is 0. The van der Waals surface area contributed by atoms with E-state index >= 15 is 0 Å². The quantitative estimate of drug-likeness (QED) is 0.546. The van der Waals surface area contributed by atoms with Crippen LogP contribution in [0.25, 0.3) is 0 Å². The third-order valence-electron chi connectivity index (χ3n) is 3.25. The van der Waals surface area contributed by atoms with Crippen molar-refractivity contribution in [2.24, 2.45) is 5.73 Å². The van der Waals surface area contributed by atoms with Gasteiger partial charge in [0.2, 0.25) is 0 Å². The van der Waals surface area contributed by atoms with Crippen LogP contribution < -0.4 is 15.4 Å². The molecule has 1 aromatic rings. The molecule has 0 aliphatic rings.